The van der Waals surface area contributed by atoms with Crippen molar-refractivity contribution in [1.29, 1.82) is 0 Å². The lowest BCUT2D eigenvalue weighted by molar-refractivity contribution is -0.123. The molecule has 1 aromatic heterocycles. The van der Waals surface area contributed by atoms with Crippen LogP contribution in [0.2, 0.25) is 0 Å². The van der Waals surface area contributed by atoms with Gasteiger partial charge in [0.05, 0.1) is 26.8 Å². The minimum atomic E-state index is -3.57. The minimum Gasteiger partial charge on any atom is -0.497 e. The van der Waals surface area contributed by atoms with Gasteiger partial charge in [0.25, 0.3) is 0 Å². The predicted octanol–water partition coefficient (Wildman–Crippen LogP) is 1.28. The molecule has 1 amide bonds. The fraction of sp³-hybridized carbons (Fsp3) is 0.429. The fourth-order valence-corrected chi connectivity index (χ4v) is 4.91. The molecule has 10 heteroatoms. The van der Waals surface area contributed by atoms with Crippen molar-refractivity contribution in [2.45, 2.75) is 17.9 Å². The van der Waals surface area contributed by atoms with E-state index in [1.165, 1.54) is 22.8 Å². The van der Waals surface area contributed by atoms with E-state index in [9.17, 15) is 13.2 Å². The number of hydrogen-bond donors (Lipinski definition) is 1. The van der Waals surface area contributed by atoms with E-state index in [4.69, 9.17) is 9.47 Å². The highest BCUT2D eigenvalue weighted by Gasteiger charge is 2.29. The number of nitrogens with zero attached hydrogens (tertiary/aromatic N) is 3. The second-order valence-electron chi connectivity index (χ2n) is 7.27. The molecule has 2 heterocycles. The van der Waals surface area contributed by atoms with Crippen LogP contribution in [0, 0.1) is 0 Å². The molecule has 31 heavy (non-hydrogen) atoms. The predicted molar refractivity (Wildman–Crippen MR) is 116 cm³/mol. The van der Waals surface area contributed by atoms with Gasteiger partial charge in [0.1, 0.15) is 16.4 Å². The van der Waals surface area contributed by atoms with E-state index in [1.54, 1.807) is 32.4 Å². The van der Waals surface area contributed by atoms with Crippen molar-refractivity contribution >= 4 is 15.9 Å². The number of ether oxygens (including phenoxy) is 2. The quantitative estimate of drug-likeness (QED) is 0.649. The van der Waals surface area contributed by atoms with Gasteiger partial charge < -0.3 is 14.8 Å². The van der Waals surface area contributed by atoms with Crippen LogP contribution in [-0.2, 0) is 14.8 Å². The summed E-state index contributed by atoms with van der Waals surface area (Å²) in [6.45, 7) is 3.67. The lowest BCUT2D eigenvalue weighted by Gasteiger charge is -2.33. The Bertz CT molecular complexity index is 992. The van der Waals surface area contributed by atoms with E-state index in [0.717, 1.165) is 5.56 Å². The molecule has 0 aliphatic carbocycles. The third kappa shape index (κ3) is 5.52. The molecule has 168 valence electrons. The van der Waals surface area contributed by atoms with Crippen molar-refractivity contribution in [2.24, 2.45) is 0 Å². The van der Waals surface area contributed by atoms with E-state index in [-0.39, 0.29) is 23.4 Å². The molecule has 1 aliphatic heterocycles. The molecule has 1 aliphatic rings. The number of pyridine rings is 1. The Balaban J connectivity index is 1.55. The molecular formula is C21H28N4O5S. The Morgan fingerprint density at radius 1 is 1.16 bits per heavy atom. The van der Waals surface area contributed by atoms with Gasteiger partial charge in [-0.2, -0.15) is 4.31 Å². The number of nitrogens with one attached hydrogen (secondary N) is 1. The summed E-state index contributed by atoms with van der Waals surface area (Å²) >= 11 is 0. The van der Waals surface area contributed by atoms with E-state index in [0.29, 0.717) is 37.7 Å². The molecule has 9 nitrogen and oxygen atoms in total. The van der Waals surface area contributed by atoms with Crippen molar-refractivity contribution in [3.05, 3.63) is 48.3 Å². The first-order valence-electron chi connectivity index (χ1n) is 9.99. The van der Waals surface area contributed by atoms with Crippen molar-refractivity contribution < 1.29 is 22.7 Å². The molecule has 1 atom stereocenters. The molecule has 0 bridgehead atoms. The van der Waals surface area contributed by atoms with Crippen LogP contribution >= 0.6 is 0 Å². The maximum atomic E-state index is 12.7. The van der Waals surface area contributed by atoms with Gasteiger partial charge in [-0.25, -0.2) is 8.42 Å². The molecule has 1 aromatic carbocycles. The monoisotopic (exact) mass is 448 g/mol. The molecular weight excluding hydrogens is 420 g/mol. The number of amides is 1. The highest BCUT2D eigenvalue weighted by atomic mass is 32.2. The van der Waals surface area contributed by atoms with Gasteiger partial charge in [0, 0.05) is 44.1 Å². The number of benzene rings is 1. The van der Waals surface area contributed by atoms with Crippen molar-refractivity contribution in [1.82, 2.24) is 19.5 Å². The molecule has 0 saturated carbocycles. The zero-order valence-corrected chi connectivity index (χ0v) is 18.8. The number of piperazine rings is 1. The number of methoxy groups -OCH3 is 2. The molecule has 1 unspecified atom stereocenters. The number of sulfonamides is 1. The van der Waals surface area contributed by atoms with Crippen LogP contribution in [0.3, 0.4) is 0 Å². The maximum absolute atomic E-state index is 12.7. The lowest BCUT2D eigenvalue weighted by Crippen LogP contribution is -2.51. The summed E-state index contributed by atoms with van der Waals surface area (Å²) in [4.78, 5) is 18.6. The van der Waals surface area contributed by atoms with Crippen LogP contribution < -0.4 is 14.8 Å². The molecule has 2 aromatic rings. The van der Waals surface area contributed by atoms with Crippen LogP contribution in [0.15, 0.2) is 47.6 Å². The second-order valence-corrected chi connectivity index (χ2v) is 9.20. The molecule has 1 fully saturated rings. The van der Waals surface area contributed by atoms with Crippen molar-refractivity contribution in [2.75, 3.05) is 46.9 Å². The zero-order valence-electron chi connectivity index (χ0n) is 17.9. The Morgan fingerprint density at radius 2 is 1.90 bits per heavy atom. The average molecular weight is 449 g/mol. The number of carbonyl (C=O) groups is 1. The molecule has 1 saturated heterocycles. The molecule has 1 N–H and O–H groups in total. The Labute approximate surface area is 183 Å². The minimum absolute atomic E-state index is 0.138. The first-order valence-corrected chi connectivity index (χ1v) is 11.4. The van der Waals surface area contributed by atoms with Crippen molar-refractivity contribution in [3.63, 3.8) is 0 Å². The Kier molecular flexibility index (Phi) is 7.47. The number of carbonyl (C=O) groups excluding carboxylic acids is 1. The number of hydrogen-bond acceptors (Lipinski definition) is 7. The summed E-state index contributed by atoms with van der Waals surface area (Å²) in [7, 11) is -0.397. The lowest BCUT2D eigenvalue weighted by atomic mass is 10.1. The highest BCUT2D eigenvalue weighted by Crippen LogP contribution is 2.29. The van der Waals surface area contributed by atoms with Crippen LogP contribution in [0.25, 0.3) is 0 Å². The van der Waals surface area contributed by atoms with Gasteiger partial charge in [0.2, 0.25) is 15.9 Å². The number of aromatic nitrogens is 1. The first-order chi connectivity index (χ1) is 14.8. The Morgan fingerprint density at radius 3 is 2.52 bits per heavy atom. The highest BCUT2D eigenvalue weighted by molar-refractivity contribution is 7.89. The normalized spacial score (nSPS) is 16.5. The van der Waals surface area contributed by atoms with Crippen LogP contribution in [0.4, 0.5) is 0 Å². The van der Waals surface area contributed by atoms with Gasteiger partial charge in [0.15, 0.2) is 0 Å². The summed E-state index contributed by atoms with van der Waals surface area (Å²) in [5, 5.41) is 2.98. The largest absolute Gasteiger partial charge is 0.497 e. The molecule has 0 radical (unpaired) electrons. The SMILES string of the molecule is COc1ccc(OC)c(C(C)NC(=O)CN2CCN(S(=O)(=O)c3cccnc3)CC2)c1. The summed E-state index contributed by atoms with van der Waals surface area (Å²) in [5.74, 6) is 1.21. The van der Waals surface area contributed by atoms with Gasteiger partial charge in [-0.1, -0.05) is 0 Å². The summed E-state index contributed by atoms with van der Waals surface area (Å²) in [5.41, 5.74) is 0.822. The fourth-order valence-electron chi connectivity index (χ4n) is 3.52. The standard InChI is InChI=1S/C21H28N4O5S/c1-16(19-13-17(29-2)6-7-20(19)30-3)23-21(26)15-24-9-11-25(12-10-24)31(27,28)18-5-4-8-22-14-18/h4-8,13-14,16H,9-12,15H2,1-3H3,(H,23,26). The second kappa shape index (κ2) is 10.1. The smallest absolute Gasteiger partial charge is 0.244 e. The maximum Gasteiger partial charge on any atom is 0.244 e. The first kappa shape index (κ1) is 23.0. The van der Waals surface area contributed by atoms with Crippen LogP contribution in [0.1, 0.15) is 18.5 Å². The Hall–Kier alpha value is -2.69. The van der Waals surface area contributed by atoms with E-state index in [2.05, 4.69) is 10.3 Å². The van der Waals surface area contributed by atoms with Gasteiger partial charge in [-0.05, 0) is 37.3 Å². The number of rotatable bonds is 8. The van der Waals surface area contributed by atoms with Crippen LogP contribution in [-0.4, -0.2) is 75.5 Å². The van der Waals surface area contributed by atoms with Crippen molar-refractivity contribution in [3.8, 4) is 11.5 Å². The summed E-state index contributed by atoms with van der Waals surface area (Å²) < 4.78 is 37.5. The summed E-state index contributed by atoms with van der Waals surface area (Å²) in [6, 6.07) is 8.31. The molecule has 0 spiro atoms. The molecule has 3 rings (SSSR count). The van der Waals surface area contributed by atoms with E-state index in [1.807, 2.05) is 17.9 Å². The van der Waals surface area contributed by atoms with Gasteiger partial charge in [-0.3, -0.25) is 14.7 Å². The zero-order chi connectivity index (χ0) is 22.4. The van der Waals surface area contributed by atoms with Crippen LogP contribution in [0.5, 0.6) is 11.5 Å². The van der Waals surface area contributed by atoms with E-state index >= 15 is 0 Å². The van der Waals surface area contributed by atoms with Gasteiger partial charge >= 0.3 is 0 Å². The van der Waals surface area contributed by atoms with Gasteiger partial charge in [-0.15, -0.1) is 0 Å². The van der Waals surface area contributed by atoms with E-state index < -0.39 is 10.0 Å². The topological polar surface area (TPSA) is 101 Å². The third-order valence-corrected chi connectivity index (χ3v) is 7.13. The third-order valence-electron chi connectivity index (χ3n) is 5.25. The average Bonchev–Trinajstić information content (AvgIpc) is 2.79. The summed E-state index contributed by atoms with van der Waals surface area (Å²) in [6.07, 6.45) is 2.89.